The third-order valence-corrected chi connectivity index (χ3v) is 3.87. The zero-order chi connectivity index (χ0) is 13.0. The number of piperidine rings is 1. The maximum Gasteiger partial charge on any atom is 0.141 e. The number of aliphatic hydroxyl groups excluding tert-OH is 1. The smallest absolute Gasteiger partial charge is 0.141 e. The molecule has 1 aromatic carbocycles. The van der Waals surface area contributed by atoms with E-state index in [-0.39, 0.29) is 17.4 Å². The Balaban J connectivity index is 2.03. The second-order valence-electron chi connectivity index (χ2n) is 4.88. The van der Waals surface area contributed by atoms with E-state index >= 15 is 0 Å². The van der Waals surface area contributed by atoms with Crippen molar-refractivity contribution in [3.8, 4) is 0 Å². The maximum absolute atomic E-state index is 13.1. The molecule has 0 saturated carbocycles. The molecule has 4 heteroatoms. The Morgan fingerprint density at radius 2 is 2.22 bits per heavy atom. The van der Waals surface area contributed by atoms with Crippen LogP contribution in [0.4, 0.5) is 4.39 Å². The second-order valence-corrected chi connectivity index (χ2v) is 5.29. The highest BCUT2D eigenvalue weighted by molar-refractivity contribution is 6.30. The van der Waals surface area contributed by atoms with Crippen molar-refractivity contribution < 1.29 is 9.50 Å². The van der Waals surface area contributed by atoms with E-state index in [0.29, 0.717) is 6.04 Å². The largest absolute Gasteiger partial charge is 0.396 e. The minimum Gasteiger partial charge on any atom is -0.396 e. The highest BCUT2D eigenvalue weighted by Crippen LogP contribution is 2.23. The maximum atomic E-state index is 13.1. The first-order valence-electron chi connectivity index (χ1n) is 6.49. The standard InChI is InChI=1S/C14H19ClFNO/c15-13-9-11(4-5-14(13)16)10-17-7-2-1-3-12(17)6-8-18/h4-5,9,12,18H,1-3,6-8,10H2. The molecule has 0 bridgehead atoms. The van der Waals surface area contributed by atoms with Gasteiger partial charge in [-0.3, -0.25) is 4.90 Å². The first kappa shape index (κ1) is 13.8. The summed E-state index contributed by atoms with van der Waals surface area (Å²) >= 11 is 5.80. The molecular formula is C14H19ClFNO. The summed E-state index contributed by atoms with van der Waals surface area (Å²) in [6.07, 6.45) is 4.37. The summed E-state index contributed by atoms with van der Waals surface area (Å²) in [6, 6.07) is 5.34. The van der Waals surface area contributed by atoms with Crippen LogP contribution in [0.1, 0.15) is 31.2 Å². The summed E-state index contributed by atoms with van der Waals surface area (Å²) in [5, 5.41) is 9.27. The minimum absolute atomic E-state index is 0.184. The summed E-state index contributed by atoms with van der Waals surface area (Å²) < 4.78 is 13.1. The van der Waals surface area contributed by atoms with Gasteiger partial charge >= 0.3 is 0 Å². The van der Waals surface area contributed by atoms with Crippen LogP contribution in [0.5, 0.6) is 0 Å². The Labute approximate surface area is 112 Å². The second kappa shape index (κ2) is 6.50. The molecule has 0 amide bonds. The van der Waals surface area contributed by atoms with Crippen molar-refractivity contribution >= 4 is 11.6 Å². The van der Waals surface area contributed by atoms with Gasteiger partial charge in [0.1, 0.15) is 5.82 Å². The Bertz CT molecular complexity index is 397. The highest BCUT2D eigenvalue weighted by atomic mass is 35.5. The first-order valence-corrected chi connectivity index (χ1v) is 6.87. The SMILES string of the molecule is OCCC1CCCCN1Cc1ccc(F)c(Cl)c1. The van der Waals surface area contributed by atoms with Crippen LogP contribution < -0.4 is 0 Å². The van der Waals surface area contributed by atoms with Gasteiger partial charge in [0.15, 0.2) is 0 Å². The van der Waals surface area contributed by atoms with Crippen LogP contribution in [0.3, 0.4) is 0 Å². The predicted molar refractivity (Wildman–Crippen MR) is 71.2 cm³/mol. The van der Waals surface area contributed by atoms with Gasteiger partial charge in [0, 0.05) is 19.2 Å². The third kappa shape index (κ3) is 3.44. The monoisotopic (exact) mass is 271 g/mol. The van der Waals surface area contributed by atoms with Crippen LogP contribution in [0.25, 0.3) is 0 Å². The fourth-order valence-electron chi connectivity index (χ4n) is 2.62. The van der Waals surface area contributed by atoms with E-state index in [1.165, 1.54) is 18.9 Å². The van der Waals surface area contributed by atoms with Crippen LogP contribution in [-0.4, -0.2) is 29.2 Å². The van der Waals surface area contributed by atoms with Gasteiger partial charge in [-0.05, 0) is 43.5 Å². The number of halogens is 2. The van der Waals surface area contributed by atoms with Gasteiger partial charge in [-0.2, -0.15) is 0 Å². The molecular weight excluding hydrogens is 253 g/mol. The van der Waals surface area contributed by atoms with Crippen LogP contribution in [0, 0.1) is 5.82 Å². The number of aliphatic hydroxyl groups is 1. The van der Waals surface area contributed by atoms with Gasteiger partial charge in [0.2, 0.25) is 0 Å². The Kier molecular flexibility index (Phi) is 4.98. The zero-order valence-electron chi connectivity index (χ0n) is 10.4. The van der Waals surface area contributed by atoms with Gasteiger partial charge in [0.05, 0.1) is 5.02 Å². The minimum atomic E-state index is -0.369. The molecule has 0 aromatic heterocycles. The van der Waals surface area contributed by atoms with Crippen LogP contribution >= 0.6 is 11.6 Å². The molecule has 1 heterocycles. The number of nitrogens with zero attached hydrogens (tertiary/aromatic N) is 1. The molecule has 0 aliphatic carbocycles. The molecule has 18 heavy (non-hydrogen) atoms. The summed E-state index contributed by atoms with van der Waals surface area (Å²) in [6.45, 7) is 2.05. The molecule has 2 rings (SSSR count). The molecule has 1 unspecified atom stereocenters. The Morgan fingerprint density at radius 1 is 1.39 bits per heavy atom. The number of hydrogen-bond acceptors (Lipinski definition) is 2. The molecule has 2 nitrogen and oxygen atoms in total. The molecule has 1 N–H and O–H groups in total. The van der Waals surface area contributed by atoms with Gasteiger partial charge in [-0.1, -0.05) is 24.1 Å². The lowest BCUT2D eigenvalue weighted by atomic mass is 9.99. The van der Waals surface area contributed by atoms with E-state index < -0.39 is 0 Å². The van der Waals surface area contributed by atoms with E-state index in [2.05, 4.69) is 4.90 Å². The average Bonchev–Trinajstić information content (AvgIpc) is 2.37. The lowest BCUT2D eigenvalue weighted by Gasteiger charge is -2.35. The summed E-state index contributed by atoms with van der Waals surface area (Å²) in [5.41, 5.74) is 1.03. The van der Waals surface area contributed by atoms with Crippen LogP contribution in [0.2, 0.25) is 5.02 Å². The highest BCUT2D eigenvalue weighted by Gasteiger charge is 2.21. The molecule has 1 atom stereocenters. The molecule has 100 valence electrons. The van der Waals surface area contributed by atoms with Crippen molar-refractivity contribution in [1.82, 2.24) is 4.90 Å². The van der Waals surface area contributed by atoms with Crippen LogP contribution in [-0.2, 0) is 6.54 Å². The lowest BCUT2D eigenvalue weighted by molar-refractivity contribution is 0.112. The fourth-order valence-corrected chi connectivity index (χ4v) is 2.82. The number of likely N-dealkylation sites (tertiary alicyclic amines) is 1. The average molecular weight is 272 g/mol. The molecule has 0 radical (unpaired) electrons. The van der Waals surface area contributed by atoms with Gasteiger partial charge < -0.3 is 5.11 Å². The Hall–Kier alpha value is -0.640. The zero-order valence-corrected chi connectivity index (χ0v) is 11.2. The topological polar surface area (TPSA) is 23.5 Å². The van der Waals surface area contributed by atoms with Crippen LogP contribution in [0.15, 0.2) is 18.2 Å². The lowest BCUT2D eigenvalue weighted by Crippen LogP contribution is -2.39. The number of benzene rings is 1. The Morgan fingerprint density at radius 3 is 2.94 bits per heavy atom. The van der Waals surface area contributed by atoms with E-state index in [9.17, 15) is 4.39 Å². The fraction of sp³-hybridized carbons (Fsp3) is 0.571. The molecule has 1 saturated heterocycles. The molecule has 0 spiro atoms. The van der Waals surface area contributed by atoms with Crippen molar-refractivity contribution in [3.63, 3.8) is 0 Å². The van der Waals surface area contributed by atoms with Crippen molar-refractivity contribution in [2.24, 2.45) is 0 Å². The predicted octanol–water partition coefficient (Wildman–Crippen LogP) is 3.22. The molecule has 1 aliphatic rings. The van der Waals surface area contributed by atoms with E-state index in [1.807, 2.05) is 0 Å². The first-order chi connectivity index (χ1) is 8.70. The number of rotatable bonds is 4. The molecule has 1 aliphatic heterocycles. The summed E-state index contributed by atoms with van der Waals surface area (Å²) in [7, 11) is 0. The molecule has 1 fully saturated rings. The van der Waals surface area contributed by atoms with Crippen molar-refractivity contribution in [2.45, 2.75) is 38.3 Å². The van der Waals surface area contributed by atoms with Crippen molar-refractivity contribution in [3.05, 3.63) is 34.6 Å². The van der Waals surface area contributed by atoms with Crippen molar-refractivity contribution in [2.75, 3.05) is 13.2 Å². The number of hydrogen-bond donors (Lipinski definition) is 1. The quantitative estimate of drug-likeness (QED) is 0.909. The third-order valence-electron chi connectivity index (χ3n) is 3.58. The summed E-state index contributed by atoms with van der Waals surface area (Å²) in [5.74, 6) is -0.369. The molecule has 1 aromatic rings. The summed E-state index contributed by atoms with van der Waals surface area (Å²) in [4.78, 5) is 2.36. The van der Waals surface area contributed by atoms with E-state index in [0.717, 1.165) is 31.5 Å². The normalized spacial score (nSPS) is 21.2. The van der Waals surface area contributed by atoms with Gasteiger partial charge in [-0.15, -0.1) is 0 Å². The van der Waals surface area contributed by atoms with E-state index in [1.54, 1.807) is 12.1 Å². The van der Waals surface area contributed by atoms with Gasteiger partial charge in [0.25, 0.3) is 0 Å². The van der Waals surface area contributed by atoms with E-state index in [4.69, 9.17) is 16.7 Å². The van der Waals surface area contributed by atoms with Gasteiger partial charge in [-0.25, -0.2) is 4.39 Å². The van der Waals surface area contributed by atoms with Crippen molar-refractivity contribution in [1.29, 1.82) is 0 Å².